The third-order valence-electron chi connectivity index (χ3n) is 5.36. The molecule has 0 aromatic heterocycles. The molecule has 1 aromatic rings. The van der Waals surface area contributed by atoms with Gasteiger partial charge in [0.25, 0.3) is 0 Å². The molecule has 1 aliphatic rings. The minimum absolute atomic E-state index is 0.0791. The summed E-state index contributed by atoms with van der Waals surface area (Å²) in [5, 5.41) is 11.2. The van der Waals surface area contributed by atoms with Gasteiger partial charge in [-0.3, -0.25) is 4.79 Å². The van der Waals surface area contributed by atoms with Crippen LogP contribution in [0.1, 0.15) is 53.0 Å². The predicted octanol–water partition coefficient (Wildman–Crippen LogP) is 3.97. The van der Waals surface area contributed by atoms with Crippen LogP contribution in [0.4, 0.5) is 4.79 Å². The molecule has 8 heteroatoms. The Morgan fingerprint density at radius 2 is 1.78 bits per heavy atom. The second-order valence-electron chi connectivity index (χ2n) is 9.72. The number of hydrogen-bond donors (Lipinski definition) is 1. The smallest absolute Gasteiger partial charge is 0.410 e. The molecule has 0 saturated carbocycles. The third-order valence-corrected chi connectivity index (χ3v) is 6.02. The maximum atomic E-state index is 13.1. The summed E-state index contributed by atoms with van der Waals surface area (Å²) >= 11 is 3.46. The Bertz CT molecular complexity index is 743. The molecule has 0 spiro atoms. The Kier molecular flexibility index (Phi) is 9.54. The number of halogens is 1. The Labute approximate surface area is 200 Å². The second-order valence-corrected chi connectivity index (χ2v) is 10.8. The first-order valence-corrected chi connectivity index (χ1v) is 12.1. The number of carbonyl (C=O) groups excluding carboxylic acids is 2. The zero-order valence-electron chi connectivity index (χ0n) is 19.8. The van der Waals surface area contributed by atoms with Crippen LogP contribution in [0.3, 0.4) is 0 Å². The van der Waals surface area contributed by atoms with Crippen LogP contribution in [0.5, 0.6) is 0 Å². The lowest BCUT2D eigenvalue weighted by atomic mass is 9.90. The molecule has 1 aliphatic heterocycles. The van der Waals surface area contributed by atoms with Crippen LogP contribution in [0.25, 0.3) is 0 Å². The largest absolute Gasteiger partial charge is 0.444 e. The van der Waals surface area contributed by atoms with Crippen LogP contribution in [-0.4, -0.2) is 75.2 Å². The Morgan fingerprint density at radius 1 is 1.19 bits per heavy atom. The number of carbonyl (C=O) groups is 2. The zero-order chi connectivity index (χ0) is 23.9. The van der Waals surface area contributed by atoms with E-state index in [2.05, 4.69) is 15.9 Å². The highest BCUT2D eigenvalue weighted by Gasteiger charge is 2.39. The highest BCUT2D eigenvalue weighted by atomic mass is 79.9. The Hall–Kier alpha value is -1.64. The zero-order valence-corrected chi connectivity index (χ0v) is 21.4. The van der Waals surface area contributed by atoms with Gasteiger partial charge < -0.3 is 24.4 Å². The molecule has 0 bridgehead atoms. The lowest BCUT2D eigenvalue weighted by Gasteiger charge is -2.42. The van der Waals surface area contributed by atoms with Crippen LogP contribution < -0.4 is 0 Å². The SMILES string of the molecule is CC(C)N(CC1(O)CCN(C(=O)OC(C)(C)C)CC1)C(=O)C(Br)COCc1ccccc1. The Morgan fingerprint density at radius 3 is 2.31 bits per heavy atom. The van der Waals surface area contributed by atoms with E-state index in [4.69, 9.17) is 9.47 Å². The number of hydrogen-bond acceptors (Lipinski definition) is 5. The summed E-state index contributed by atoms with van der Waals surface area (Å²) in [6, 6.07) is 9.72. The van der Waals surface area contributed by atoms with Crippen molar-refractivity contribution in [1.29, 1.82) is 0 Å². The monoisotopic (exact) mass is 512 g/mol. The van der Waals surface area contributed by atoms with Crippen molar-refractivity contribution >= 4 is 27.9 Å². The van der Waals surface area contributed by atoms with Gasteiger partial charge in [0.2, 0.25) is 5.91 Å². The van der Waals surface area contributed by atoms with Crippen LogP contribution in [0, 0.1) is 0 Å². The summed E-state index contributed by atoms with van der Waals surface area (Å²) in [4.78, 5) is 28.2. The number of benzene rings is 1. The first-order valence-electron chi connectivity index (χ1n) is 11.2. The Balaban J connectivity index is 1.88. The van der Waals surface area contributed by atoms with Crippen molar-refractivity contribution in [3.8, 4) is 0 Å². The van der Waals surface area contributed by atoms with Gasteiger partial charge in [0.05, 0.1) is 18.8 Å². The van der Waals surface area contributed by atoms with Crippen LogP contribution in [0.15, 0.2) is 30.3 Å². The fourth-order valence-corrected chi connectivity index (χ4v) is 3.98. The lowest BCUT2D eigenvalue weighted by molar-refractivity contribution is -0.139. The van der Waals surface area contributed by atoms with Crippen molar-refractivity contribution < 1.29 is 24.2 Å². The fraction of sp³-hybridized carbons (Fsp3) is 0.667. The van der Waals surface area contributed by atoms with E-state index in [-0.39, 0.29) is 31.2 Å². The molecule has 1 heterocycles. The normalized spacial score (nSPS) is 17.2. The minimum atomic E-state index is -1.05. The van der Waals surface area contributed by atoms with Crippen molar-refractivity contribution in [3.05, 3.63) is 35.9 Å². The third kappa shape index (κ3) is 8.37. The highest BCUT2D eigenvalue weighted by Crippen LogP contribution is 2.26. The standard InChI is InChI=1S/C24H37BrN2O5/c1-18(2)27(21(28)20(25)16-31-15-19-9-7-6-8-10-19)17-24(30)11-13-26(14-12-24)22(29)32-23(3,4)5/h6-10,18,20,30H,11-17H2,1-5H3. The molecule has 0 radical (unpaired) electrons. The molecule has 7 nitrogen and oxygen atoms in total. The average molecular weight is 513 g/mol. The maximum Gasteiger partial charge on any atom is 0.410 e. The average Bonchev–Trinajstić information content (AvgIpc) is 2.71. The van der Waals surface area contributed by atoms with Crippen molar-refractivity contribution in [2.24, 2.45) is 0 Å². The molecule has 1 atom stereocenters. The molecular weight excluding hydrogens is 476 g/mol. The number of aliphatic hydroxyl groups is 1. The number of likely N-dealkylation sites (tertiary alicyclic amines) is 1. The summed E-state index contributed by atoms with van der Waals surface area (Å²) in [7, 11) is 0. The topological polar surface area (TPSA) is 79.3 Å². The van der Waals surface area contributed by atoms with E-state index in [0.29, 0.717) is 32.5 Å². The van der Waals surface area contributed by atoms with Crippen LogP contribution in [-0.2, 0) is 20.9 Å². The molecular formula is C24H37BrN2O5. The van der Waals surface area contributed by atoms with Gasteiger partial charge in [0.15, 0.2) is 0 Å². The van der Waals surface area contributed by atoms with Crippen LogP contribution >= 0.6 is 15.9 Å². The number of ether oxygens (including phenoxy) is 2. The lowest BCUT2D eigenvalue weighted by Crippen LogP contribution is -2.56. The van der Waals surface area contributed by atoms with E-state index >= 15 is 0 Å². The van der Waals surface area contributed by atoms with E-state index < -0.39 is 16.0 Å². The van der Waals surface area contributed by atoms with E-state index in [0.717, 1.165) is 5.56 Å². The van der Waals surface area contributed by atoms with Crippen molar-refractivity contribution in [3.63, 3.8) is 0 Å². The minimum Gasteiger partial charge on any atom is -0.444 e. The predicted molar refractivity (Wildman–Crippen MR) is 128 cm³/mol. The van der Waals surface area contributed by atoms with Gasteiger partial charge in [-0.15, -0.1) is 0 Å². The summed E-state index contributed by atoms with van der Waals surface area (Å²) in [6.45, 7) is 11.0. The van der Waals surface area contributed by atoms with E-state index in [1.54, 1.807) is 9.80 Å². The van der Waals surface area contributed by atoms with Gasteiger partial charge in [-0.25, -0.2) is 4.79 Å². The maximum absolute atomic E-state index is 13.1. The highest BCUT2D eigenvalue weighted by molar-refractivity contribution is 9.10. The number of piperidine rings is 1. The van der Waals surface area contributed by atoms with Crippen molar-refractivity contribution in [1.82, 2.24) is 9.80 Å². The van der Waals surface area contributed by atoms with Gasteiger partial charge in [0.1, 0.15) is 10.4 Å². The van der Waals surface area contributed by atoms with Crippen molar-refractivity contribution in [2.45, 2.75) is 76.1 Å². The van der Waals surface area contributed by atoms with Gasteiger partial charge >= 0.3 is 6.09 Å². The number of nitrogens with zero attached hydrogens (tertiary/aromatic N) is 2. The molecule has 0 aliphatic carbocycles. The van der Waals surface area contributed by atoms with Gasteiger partial charge in [-0.1, -0.05) is 46.3 Å². The quantitative estimate of drug-likeness (QED) is 0.533. The molecule has 1 unspecified atom stereocenters. The number of amides is 2. The van der Waals surface area contributed by atoms with E-state index in [1.807, 2.05) is 65.0 Å². The molecule has 2 rings (SSSR count). The molecule has 32 heavy (non-hydrogen) atoms. The summed E-state index contributed by atoms with van der Waals surface area (Å²) in [5.74, 6) is -0.115. The van der Waals surface area contributed by atoms with Crippen LogP contribution in [0.2, 0.25) is 0 Å². The molecule has 1 N–H and O–H groups in total. The molecule has 1 aromatic carbocycles. The summed E-state index contributed by atoms with van der Waals surface area (Å²) in [5.41, 5.74) is -0.554. The molecule has 1 fully saturated rings. The van der Waals surface area contributed by atoms with Gasteiger partial charge in [0, 0.05) is 25.7 Å². The first kappa shape index (κ1) is 26.6. The number of alkyl halides is 1. The molecule has 180 valence electrons. The second kappa shape index (κ2) is 11.5. The summed E-state index contributed by atoms with van der Waals surface area (Å²) in [6.07, 6.45) is 0.410. The fourth-order valence-electron chi connectivity index (χ4n) is 3.53. The molecule has 2 amide bonds. The number of rotatable bonds is 8. The van der Waals surface area contributed by atoms with Gasteiger partial charge in [-0.2, -0.15) is 0 Å². The summed E-state index contributed by atoms with van der Waals surface area (Å²) < 4.78 is 11.1. The first-order chi connectivity index (χ1) is 14.9. The van der Waals surface area contributed by atoms with E-state index in [1.165, 1.54) is 0 Å². The van der Waals surface area contributed by atoms with Gasteiger partial charge in [-0.05, 0) is 53.0 Å². The van der Waals surface area contributed by atoms with Crippen molar-refractivity contribution in [2.75, 3.05) is 26.2 Å². The molecule has 1 saturated heterocycles. The van der Waals surface area contributed by atoms with E-state index in [9.17, 15) is 14.7 Å².